The molecule has 0 aliphatic carbocycles. The molecule has 0 aromatic carbocycles. The Labute approximate surface area is 136 Å². The van der Waals surface area contributed by atoms with Gasteiger partial charge in [-0.3, -0.25) is 9.59 Å². The maximum Gasteiger partial charge on any atom is 0.309 e. The van der Waals surface area contributed by atoms with Gasteiger partial charge in [0.05, 0.1) is 0 Å². The molecule has 22 heavy (non-hydrogen) atoms. The van der Waals surface area contributed by atoms with Crippen molar-refractivity contribution in [1.29, 1.82) is 0 Å². The van der Waals surface area contributed by atoms with Crippen molar-refractivity contribution in [2.75, 3.05) is 26.2 Å². The quantitative estimate of drug-likeness (QED) is 0.809. The maximum atomic E-state index is 11.6. The first-order valence-corrected chi connectivity index (χ1v) is 8.78. The van der Waals surface area contributed by atoms with E-state index in [0.29, 0.717) is 12.5 Å². The summed E-state index contributed by atoms with van der Waals surface area (Å²) in [5.74, 6) is -0.406. The van der Waals surface area contributed by atoms with Crippen LogP contribution in [-0.2, 0) is 9.59 Å². The van der Waals surface area contributed by atoms with Crippen LogP contribution in [-0.4, -0.2) is 48.9 Å². The highest BCUT2D eigenvalue weighted by Crippen LogP contribution is 2.30. The average Bonchev–Trinajstić information content (AvgIpc) is 3.01. The molecule has 2 heterocycles. The number of nitrogens with zero attached hydrogens (tertiary/aromatic N) is 1. The molecule has 0 atom stereocenters. The molecular formula is C16H25N3O2S. The van der Waals surface area contributed by atoms with Crippen molar-refractivity contribution >= 4 is 23.2 Å². The lowest BCUT2D eigenvalue weighted by molar-refractivity contribution is -0.139. The molecule has 0 bridgehead atoms. The van der Waals surface area contributed by atoms with E-state index in [2.05, 4.69) is 33.0 Å². The zero-order valence-corrected chi connectivity index (χ0v) is 14.1. The van der Waals surface area contributed by atoms with Gasteiger partial charge in [-0.05, 0) is 57.1 Å². The highest BCUT2D eigenvalue weighted by molar-refractivity contribution is 7.10. The van der Waals surface area contributed by atoms with Gasteiger partial charge < -0.3 is 15.5 Å². The van der Waals surface area contributed by atoms with E-state index in [9.17, 15) is 9.59 Å². The van der Waals surface area contributed by atoms with Crippen LogP contribution in [0.4, 0.5) is 0 Å². The highest BCUT2D eigenvalue weighted by atomic mass is 32.1. The number of piperidine rings is 1. The van der Waals surface area contributed by atoms with E-state index in [0.717, 1.165) is 19.6 Å². The molecule has 1 aromatic rings. The van der Waals surface area contributed by atoms with Gasteiger partial charge in [0.2, 0.25) is 0 Å². The smallest absolute Gasteiger partial charge is 0.309 e. The molecule has 1 fully saturated rings. The number of carbonyl (C=O) groups excluding carboxylic acids is 2. The van der Waals surface area contributed by atoms with Crippen LogP contribution in [0.15, 0.2) is 17.5 Å². The molecule has 6 heteroatoms. The Balaban J connectivity index is 1.63. The zero-order valence-electron chi connectivity index (χ0n) is 13.3. The molecule has 2 rings (SSSR count). The summed E-state index contributed by atoms with van der Waals surface area (Å²) in [6.45, 7) is 7.10. The Morgan fingerprint density at radius 3 is 2.64 bits per heavy atom. The first kappa shape index (κ1) is 17.0. The number of hydrogen-bond acceptors (Lipinski definition) is 4. The fourth-order valence-corrected chi connectivity index (χ4v) is 3.60. The molecule has 5 nitrogen and oxygen atoms in total. The molecule has 1 aliphatic heterocycles. The van der Waals surface area contributed by atoms with Crippen LogP contribution in [0.3, 0.4) is 0 Å². The fourth-order valence-electron chi connectivity index (χ4n) is 2.70. The SMILES string of the molecule is CC(C)NC(=O)C(=O)NCCN1CCC(c2cccs2)CC1. The Kier molecular flexibility index (Phi) is 6.39. The molecule has 1 aromatic heterocycles. The molecule has 2 N–H and O–H groups in total. The minimum Gasteiger partial charge on any atom is -0.347 e. The van der Waals surface area contributed by atoms with Gasteiger partial charge in [0.1, 0.15) is 0 Å². The monoisotopic (exact) mass is 323 g/mol. The lowest BCUT2D eigenvalue weighted by Gasteiger charge is -2.31. The number of rotatable bonds is 5. The summed E-state index contributed by atoms with van der Waals surface area (Å²) >= 11 is 1.84. The van der Waals surface area contributed by atoms with Crippen LogP contribution in [0.1, 0.15) is 37.5 Å². The summed E-state index contributed by atoms with van der Waals surface area (Å²) in [5.41, 5.74) is 0. The number of carbonyl (C=O) groups is 2. The van der Waals surface area contributed by atoms with Crippen LogP contribution in [0.5, 0.6) is 0 Å². The van der Waals surface area contributed by atoms with E-state index in [1.54, 1.807) is 0 Å². The third-order valence-corrected chi connectivity index (χ3v) is 4.91. The largest absolute Gasteiger partial charge is 0.347 e. The van der Waals surface area contributed by atoms with Gasteiger partial charge in [-0.1, -0.05) is 6.07 Å². The van der Waals surface area contributed by atoms with Crippen LogP contribution in [0.25, 0.3) is 0 Å². The molecule has 0 unspecified atom stereocenters. The molecule has 1 aliphatic rings. The second kappa shape index (κ2) is 8.29. The van der Waals surface area contributed by atoms with E-state index in [1.807, 2.05) is 25.2 Å². The third-order valence-electron chi connectivity index (χ3n) is 3.87. The van der Waals surface area contributed by atoms with Crippen LogP contribution < -0.4 is 10.6 Å². The summed E-state index contributed by atoms with van der Waals surface area (Å²) in [5, 5.41) is 7.41. The van der Waals surface area contributed by atoms with E-state index in [4.69, 9.17) is 0 Å². The van der Waals surface area contributed by atoms with Crippen molar-refractivity contribution in [2.45, 2.75) is 38.6 Å². The van der Waals surface area contributed by atoms with Crippen molar-refractivity contribution in [3.8, 4) is 0 Å². The van der Waals surface area contributed by atoms with Crippen molar-refractivity contribution < 1.29 is 9.59 Å². The van der Waals surface area contributed by atoms with Crippen LogP contribution in [0.2, 0.25) is 0 Å². The number of hydrogen-bond donors (Lipinski definition) is 2. The molecular weight excluding hydrogens is 298 g/mol. The predicted octanol–water partition coefficient (Wildman–Crippen LogP) is 1.57. The van der Waals surface area contributed by atoms with Gasteiger partial charge in [-0.15, -0.1) is 11.3 Å². The van der Waals surface area contributed by atoms with Crippen LogP contribution in [0, 0.1) is 0 Å². The average molecular weight is 323 g/mol. The topological polar surface area (TPSA) is 61.4 Å². The Morgan fingerprint density at radius 1 is 1.32 bits per heavy atom. The lowest BCUT2D eigenvalue weighted by Crippen LogP contribution is -2.45. The third kappa shape index (κ3) is 5.10. The Hall–Kier alpha value is -1.40. The minimum atomic E-state index is -0.550. The Morgan fingerprint density at radius 2 is 2.05 bits per heavy atom. The van der Waals surface area contributed by atoms with Gasteiger partial charge in [0, 0.05) is 24.0 Å². The molecule has 1 saturated heterocycles. The van der Waals surface area contributed by atoms with Crippen molar-refractivity contribution in [3.05, 3.63) is 22.4 Å². The van der Waals surface area contributed by atoms with E-state index >= 15 is 0 Å². The summed E-state index contributed by atoms with van der Waals surface area (Å²) in [6, 6.07) is 4.32. The maximum absolute atomic E-state index is 11.6. The van der Waals surface area contributed by atoms with Crippen molar-refractivity contribution in [3.63, 3.8) is 0 Å². The standard InChI is InChI=1S/C16H25N3O2S/c1-12(2)18-16(21)15(20)17-7-10-19-8-5-13(6-9-19)14-4-3-11-22-14/h3-4,11-13H,5-10H2,1-2H3,(H,17,20)(H,18,21). The minimum absolute atomic E-state index is 0.0190. The van der Waals surface area contributed by atoms with Crippen molar-refractivity contribution in [1.82, 2.24) is 15.5 Å². The van der Waals surface area contributed by atoms with Gasteiger partial charge in [-0.2, -0.15) is 0 Å². The van der Waals surface area contributed by atoms with Gasteiger partial charge >= 0.3 is 11.8 Å². The number of nitrogens with one attached hydrogen (secondary N) is 2. The van der Waals surface area contributed by atoms with Gasteiger partial charge in [0.25, 0.3) is 0 Å². The van der Waals surface area contributed by atoms with Gasteiger partial charge in [0.15, 0.2) is 0 Å². The molecule has 2 amide bonds. The second-order valence-corrected chi connectivity index (χ2v) is 6.99. The number of amides is 2. The van der Waals surface area contributed by atoms with E-state index in [-0.39, 0.29) is 6.04 Å². The predicted molar refractivity (Wildman–Crippen MR) is 89.0 cm³/mol. The van der Waals surface area contributed by atoms with E-state index < -0.39 is 11.8 Å². The van der Waals surface area contributed by atoms with Crippen molar-refractivity contribution in [2.24, 2.45) is 0 Å². The summed E-state index contributed by atoms with van der Waals surface area (Å²) in [7, 11) is 0. The molecule has 122 valence electrons. The number of thiophene rings is 1. The van der Waals surface area contributed by atoms with E-state index in [1.165, 1.54) is 17.7 Å². The van der Waals surface area contributed by atoms with Crippen LogP contribution >= 0.6 is 11.3 Å². The number of likely N-dealkylation sites (tertiary alicyclic amines) is 1. The normalized spacial score (nSPS) is 16.7. The lowest BCUT2D eigenvalue weighted by atomic mass is 9.95. The zero-order chi connectivity index (χ0) is 15.9. The first-order valence-electron chi connectivity index (χ1n) is 7.90. The highest BCUT2D eigenvalue weighted by Gasteiger charge is 2.21. The molecule has 0 radical (unpaired) electrons. The fraction of sp³-hybridized carbons (Fsp3) is 0.625. The molecule has 0 saturated carbocycles. The first-order chi connectivity index (χ1) is 10.6. The summed E-state index contributed by atoms with van der Waals surface area (Å²) in [4.78, 5) is 26.9. The summed E-state index contributed by atoms with van der Waals surface area (Å²) < 4.78 is 0. The Bertz CT molecular complexity index is 480. The summed E-state index contributed by atoms with van der Waals surface area (Å²) in [6.07, 6.45) is 2.34. The van der Waals surface area contributed by atoms with Gasteiger partial charge in [-0.25, -0.2) is 0 Å². The molecule has 0 spiro atoms. The second-order valence-electron chi connectivity index (χ2n) is 6.02.